The van der Waals surface area contributed by atoms with E-state index in [0.29, 0.717) is 37.4 Å². The molecule has 2 heterocycles. The SMILES string of the molecule is C#CCn1c(C(=O)N2CCOCC2)cc2ccccc2c1=O. The highest BCUT2D eigenvalue weighted by Crippen LogP contribution is 2.14. The molecule has 1 aromatic heterocycles. The lowest BCUT2D eigenvalue weighted by Crippen LogP contribution is -2.42. The Labute approximate surface area is 128 Å². The minimum Gasteiger partial charge on any atom is -0.378 e. The minimum atomic E-state index is -0.229. The summed E-state index contributed by atoms with van der Waals surface area (Å²) in [5.41, 5.74) is 0.108. The van der Waals surface area contributed by atoms with Crippen LogP contribution in [0.3, 0.4) is 0 Å². The number of hydrogen-bond donors (Lipinski definition) is 0. The molecule has 3 rings (SSSR count). The molecule has 0 atom stereocenters. The number of benzene rings is 1. The lowest BCUT2D eigenvalue weighted by Gasteiger charge is -2.27. The van der Waals surface area contributed by atoms with E-state index in [4.69, 9.17) is 11.2 Å². The fourth-order valence-corrected chi connectivity index (χ4v) is 2.65. The summed E-state index contributed by atoms with van der Waals surface area (Å²) in [6.07, 6.45) is 5.37. The highest BCUT2D eigenvalue weighted by atomic mass is 16.5. The van der Waals surface area contributed by atoms with Crippen LogP contribution < -0.4 is 5.56 Å². The van der Waals surface area contributed by atoms with Crippen LogP contribution in [0.4, 0.5) is 0 Å². The normalized spacial score (nSPS) is 14.8. The Bertz CT molecular complexity index is 811. The molecule has 5 heteroatoms. The third kappa shape index (κ3) is 2.49. The monoisotopic (exact) mass is 296 g/mol. The van der Waals surface area contributed by atoms with Crippen LogP contribution in [0.5, 0.6) is 0 Å². The molecule has 1 saturated heterocycles. The maximum atomic E-state index is 12.7. The first kappa shape index (κ1) is 14.4. The molecule has 0 radical (unpaired) electrons. The summed E-state index contributed by atoms with van der Waals surface area (Å²) < 4.78 is 6.64. The zero-order valence-electron chi connectivity index (χ0n) is 12.1. The smallest absolute Gasteiger partial charge is 0.270 e. The Morgan fingerprint density at radius 1 is 1.27 bits per heavy atom. The lowest BCUT2D eigenvalue weighted by atomic mass is 10.1. The standard InChI is InChI=1S/C17H16N2O3/c1-2-7-19-15(17(21)18-8-10-22-11-9-18)12-13-5-3-4-6-14(13)16(19)20/h1,3-6,12H,7-11H2. The van der Waals surface area contributed by atoms with Crippen molar-refractivity contribution in [2.24, 2.45) is 0 Å². The van der Waals surface area contributed by atoms with Crippen molar-refractivity contribution in [1.29, 1.82) is 0 Å². The van der Waals surface area contributed by atoms with Crippen LogP contribution >= 0.6 is 0 Å². The van der Waals surface area contributed by atoms with Gasteiger partial charge < -0.3 is 9.64 Å². The molecule has 0 spiro atoms. The van der Waals surface area contributed by atoms with Crippen LogP contribution in [-0.2, 0) is 11.3 Å². The van der Waals surface area contributed by atoms with Gasteiger partial charge in [-0.25, -0.2) is 0 Å². The van der Waals surface area contributed by atoms with E-state index in [1.54, 1.807) is 23.1 Å². The third-order valence-corrected chi connectivity index (χ3v) is 3.79. The van der Waals surface area contributed by atoms with Gasteiger partial charge in [-0.1, -0.05) is 24.1 Å². The van der Waals surface area contributed by atoms with E-state index in [-0.39, 0.29) is 18.0 Å². The quantitative estimate of drug-likeness (QED) is 0.780. The molecule has 1 fully saturated rings. The number of ether oxygens (including phenoxy) is 1. The number of pyridine rings is 1. The Hall–Kier alpha value is -2.58. The second kappa shape index (κ2) is 6.04. The van der Waals surface area contributed by atoms with Crippen LogP contribution in [-0.4, -0.2) is 41.7 Å². The number of morpholine rings is 1. The Morgan fingerprint density at radius 2 is 2.00 bits per heavy atom. The van der Waals surface area contributed by atoms with Crippen molar-refractivity contribution < 1.29 is 9.53 Å². The van der Waals surface area contributed by atoms with Crippen LogP contribution in [0.1, 0.15) is 10.5 Å². The van der Waals surface area contributed by atoms with Crippen molar-refractivity contribution in [3.8, 4) is 12.3 Å². The molecule has 5 nitrogen and oxygen atoms in total. The highest BCUT2D eigenvalue weighted by molar-refractivity contribution is 5.96. The molecule has 1 aliphatic rings. The fraction of sp³-hybridized carbons (Fsp3) is 0.294. The Balaban J connectivity index is 2.14. The fourth-order valence-electron chi connectivity index (χ4n) is 2.65. The molecule has 112 valence electrons. The molecule has 0 bridgehead atoms. The van der Waals surface area contributed by atoms with Crippen LogP contribution in [0.25, 0.3) is 10.8 Å². The predicted molar refractivity (Wildman–Crippen MR) is 83.8 cm³/mol. The van der Waals surface area contributed by atoms with Gasteiger partial charge >= 0.3 is 0 Å². The lowest BCUT2D eigenvalue weighted by molar-refractivity contribution is 0.0295. The third-order valence-electron chi connectivity index (χ3n) is 3.79. The van der Waals surface area contributed by atoms with Gasteiger partial charge in [0.25, 0.3) is 11.5 Å². The van der Waals surface area contributed by atoms with Gasteiger partial charge in [0.2, 0.25) is 0 Å². The Morgan fingerprint density at radius 3 is 2.73 bits per heavy atom. The van der Waals surface area contributed by atoms with Gasteiger partial charge in [-0.15, -0.1) is 6.42 Å². The topological polar surface area (TPSA) is 51.5 Å². The van der Waals surface area contributed by atoms with Gasteiger partial charge in [0.05, 0.1) is 19.8 Å². The summed E-state index contributed by atoms with van der Waals surface area (Å²) in [7, 11) is 0. The number of carbonyl (C=O) groups excluding carboxylic acids is 1. The van der Waals surface area contributed by atoms with E-state index in [9.17, 15) is 9.59 Å². The number of carbonyl (C=O) groups is 1. The molecular weight excluding hydrogens is 280 g/mol. The Kier molecular flexibility index (Phi) is 3.94. The average molecular weight is 296 g/mol. The maximum Gasteiger partial charge on any atom is 0.270 e. The summed E-state index contributed by atoms with van der Waals surface area (Å²) in [6.45, 7) is 2.15. The van der Waals surface area contributed by atoms with Crippen LogP contribution in [0.15, 0.2) is 35.1 Å². The first-order valence-corrected chi connectivity index (χ1v) is 7.15. The van der Waals surface area contributed by atoms with E-state index in [1.165, 1.54) is 4.57 Å². The van der Waals surface area contributed by atoms with Gasteiger partial charge in [-0.05, 0) is 17.5 Å². The molecule has 2 aromatic rings. The summed E-state index contributed by atoms with van der Waals surface area (Å²) in [5, 5.41) is 1.31. The second-order valence-electron chi connectivity index (χ2n) is 5.12. The average Bonchev–Trinajstić information content (AvgIpc) is 2.57. The molecule has 0 N–H and O–H groups in total. The van der Waals surface area contributed by atoms with Gasteiger partial charge in [-0.3, -0.25) is 14.2 Å². The van der Waals surface area contributed by atoms with Crippen molar-refractivity contribution >= 4 is 16.7 Å². The number of nitrogens with zero attached hydrogens (tertiary/aromatic N) is 2. The number of amides is 1. The van der Waals surface area contributed by atoms with Gasteiger partial charge in [-0.2, -0.15) is 0 Å². The van der Waals surface area contributed by atoms with Crippen LogP contribution in [0, 0.1) is 12.3 Å². The van der Waals surface area contributed by atoms with Gasteiger partial charge in [0, 0.05) is 18.5 Å². The van der Waals surface area contributed by atoms with E-state index < -0.39 is 0 Å². The van der Waals surface area contributed by atoms with E-state index in [2.05, 4.69) is 5.92 Å². The van der Waals surface area contributed by atoms with Gasteiger partial charge in [0.1, 0.15) is 5.69 Å². The number of rotatable bonds is 2. The van der Waals surface area contributed by atoms with Crippen molar-refractivity contribution in [2.45, 2.75) is 6.54 Å². The first-order valence-electron chi connectivity index (χ1n) is 7.15. The molecule has 1 amide bonds. The summed E-state index contributed by atoms with van der Waals surface area (Å²) >= 11 is 0. The number of hydrogen-bond acceptors (Lipinski definition) is 3. The van der Waals surface area contributed by atoms with E-state index >= 15 is 0 Å². The zero-order valence-corrected chi connectivity index (χ0v) is 12.1. The van der Waals surface area contributed by atoms with Crippen LogP contribution in [0.2, 0.25) is 0 Å². The van der Waals surface area contributed by atoms with Crippen molar-refractivity contribution in [3.63, 3.8) is 0 Å². The van der Waals surface area contributed by atoms with Gasteiger partial charge in [0.15, 0.2) is 0 Å². The molecule has 22 heavy (non-hydrogen) atoms. The molecule has 0 unspecified atom stereocenters. The molecular formula is C17H16N2O3. The number of terminal acetylenes is 1. The predicted octanol–water partition coefficient (Wildman–Crippen LogP) is 1.11. The minimum absolute atomic E-state index is 0.0785. The number of aromatic nitrogens is 1. The van der Waals surface area contributed by atoms with Crippen molar-refractivity contribution in [2.75, 3.05) is 26.3 Å². The van der Waals surface area contributed by atoms with E-state index in [0.717, 1.165) is 5.39 Å². The second-order valence-corrected chi connectivity index (χ2v) is 5.12. The largest absolute Gasteiger partial charge is 0.378 e. The molecule has 1 aliphatic heterocycles. The molecule has 0 aliphatic carbocycles. The molecule has 1 aromatic carbocycles. The first-order chi connectivity index (χ1) is 10.7. The molecule has 0 saturated carbocycles. The summed E-state index contributed by atoms with van der Waals surface area (Å²) in [5.74, 6) is 2.28. The van der Waals surface area contributed by atoms with Crippen molar-refractivity contribution in [1.82, 2.24) is 9.47 Å². The summed E-state index contributed by atoms with van der Waals surface area (Å²) in [6, 6.07) is 8.95. The number of fused-ring (bicyclic) bond motifs is 1. The zero-order chi connectivity index (χ0) is 15.5. The van der Waals surface area contributed by atoms with Crippen molar-refractivity contribution in [3.05, 3.63) is 46.4 Å². The summed E-state index contributed by atoms with van der Waals surface area (Å²) in [4.78, 5) is 27.0. The van der Waals surface area contributed by atoms with E-state index in [1.807, 2.05) is 12.1 Å². The highest BCUT2D eigenvalue weighted by Gasteiger charge is 2.22. The maximum absolute atomic E-state index is 12.7.